The van der Waals surface area contributed by atoms with Crippen molar-refractivity contribution < 1.29 is 14.3 Å². The summed E-state index contributed by atoms with van der Waals surface area (Å²) in [6.45, 7) is 2.87. The number of nitrogens with zero attached hydrogens (tertiary/aromatic N) is 4. The molecular weight excluding hydrogens is 400 g/mol. The molecule has 3 heterocycles. The number of Topliss-reactive ketones (excluding diaryl/α,β-unsaturated/α-hetero) is 1. The van der Waals surface area contributed by atoms with Gasteiger partial charge in [0.1, 0.15) is 16.1 Å². The molecule has 0 bridgehead atoms. The molecule has 4 rings (SSSR count). The van der Waals surface area contributed by atoms with Gasteiger partial charge >= 0.3 is 0 Å². The molecule has 1 amide bonds. The molecule has 156 valence electrons. The number of pyridine rings is 1. The molecule has 0 aliphatic carbocycles. The van der Waals surface area contributed by atoms with E-state index in [0.29, 0.717) is 37.9 Å². The zero-order chi connectivity index (χ0) is 20.9. The van der Waals surface area contributed by atoms with Gasteiger partial charge < -0.3 is 14.5 Å². The Bertz CT molecular complexity index is 993. The summed E-state index contributed by atoms with van der Waals surface area (Å²) < 4.78 is 5.11. The monoisotopic (exact) mass is 424 g/mol. The molecule has 0 unspecified atom stereocenters. The van der Waals surface area contributed by atoms with E-state index in [-0.39, 0.29) is 11.7 Å². The number of anilines is 1. The number of carbonyl (C=O) groups excluding carboxylic acids is 2. The van der Waals surface area contributed by atoms with Crippen molar-refractivity contribution >= 4 is 38.5 Å². The Morgan fingerprint density at radius 3 is 2.53 bits per heavy atom. The Balaban J connectivity index is 1.22. The van der Waals surface area contributed by atoms with Crippen LogP contribution in [0.1, 0.15) is 29.6 Å². The number of hydrogen-bond donors (Lipinski definition) is 0. The van der Waals surface area contributed by atoms with Crippen LogP contribution in [0.3, 0.4) is 0 Å². The van der Waals surface area contributed by atoms with Crippen LogP contribution in [-0.4, -0.2) is 59.8 Å². The fourth-order valence-electron chi connectivity index (χ4n) is 3.52. The van der Waals surface area contributed by atoms with Gasteiger partial charge in [-0.1, -0.05) is 11.3 Å². The Labute approximate surface area is 179 Å². The van der Waals surface area contributed by atoms with Crippen LogP contribution in [0.25, 0.3) is 10.3 Å². The van der Waals surface area contributed by atoms with Crippen LogP contribution >= 0.6 is 11.3 Å². The average molecular weight is 425 g/mol. The summed E-state index contributed by atoms with van der Waals surface area (Å²) in [5.74, 6) is 0.894. The molecule has 7 nitrogen and oxygen atoms in total. The van der Waals surface area contributed by atoms with Crippen molar-refractivity contribution in [1.82, 2.24) is 14.9 Å². The lowest BCUT2D eigenvalue weighted by Gasteiger charge is -2.34. The number of amides is 1. The third-order valence-electron chi connectivity index (χ3n) is 5.26. The smallest absolute Gasteiger partial charge is 0.222 e. The summed E-state index contributed by atoms with van der Waals surface area (Å²) in [4.78, 5) is 38.9. The Morgan fingerprint density at radius 2 is 1.83 bits per heavy atom. The molecule has 2 aromatic heterocycles. The van der Waals surface area contributed by atoms with E-state index >= 15 is 0 Å². The summed E-state index contributed by atoms with van der Waals surface area (Å²) >= 11 is 1.59. The van der Waals surface area contributed by atoms with Crippen LogP contribution in [0, 0.1) is 0 Å². The van der Waals surface area contributed by atoms with Crippen molar-refractivity contribution in [2.24, 2.45) is 0 Å². The minimum Gasteiger partial charge on any atom is -0.497 e. The number of methoxy groups -OCH3 is 1. The van der Waals surface area contributed by atoms with Crippen molar-refractivity contribution in [3.05, 3.63) is 48.2 Å². The first-order valence-corrected chi connectivity index (χ1v) is 10.9. The highest BCUT2D eigenvalue weighted by atomic mass is 32.1. The maximum Gasteiger partial charge on any atom is 0.222 e. The van der Waals surface area contributed by atoms with Crippen LogP contribution in [-0.2, 0) is 4.79 Å². The molecule has 0 saturated carbocycles. The first-order chi connectivity index (χ1) is 14.6. The van der Waals surface area contributed by atoms with E-state index in [2.05, 4.69) is 14.9 Å². The van der Waals surface area contributed by atoms with E-state index in [0.717, 1.165) is 34.3 Å². The van der Waals surface area contributed by atoms with Gasteiger partial charge in [-0.2, -0.15) is 0 Å². The Hall–Kier alpha value is -3.00. The number of fused-ring (bicyclic) bond motifs is 1. The molecule has 1 fully saturated rings. The Morgan fingerprint density at radius 1 is 1.07 bits per heavy atom. The fourth-order valence-corrected chi connectivity index (χ4v) is 4.48. The maximum absolute atomic E-state index is 12.5. The Kier molecular flexibility index (Phi) is 6.23. The molecule has 8 heteroatoms. The molecule has 0 radical (unpaired) electrons. The van der Waals surface area contributed by atoms with Crippen molar-refractivity contribution in [3.63, 3.8) is 0 Å². The van der Waals surface area contributed by atoms with Gasteiger partial charge in [-0.15, -0.1) is 0 Å². The molecule has 0 atom stereocenters. The van der Waals surface area contributed by atoms with Crippen LogP contribution in [0.5, 0.6) is 5.75 Å². The molecular formula is C22H24N4O3S. The number of ketones is 1. The molecule has 0 spiro atoms. The SMILES string of the molecule is COc1ccc(C(=O)CCCC(=O)N2CCN(c3nc4cccnc4s3)CC2)cc1. The van der Waals surface area contributed by atoms with Gasteiger partial charge in [0.25, 0.3) is 0 Å². The third-order valence-corrected chi connectivity index (χ3v) is 6.30. The van der Waals surface area contributed by atoms with Gasteiger partial charge in [0.15, 0.2) is 10.9 Å². The lowest BCUT2D eigenvalue weighted by Crippen LogP contribution is -2.48. The molecule has 0 N–H and O–H groups in total. The van der Waals surface area contributed by atoms with Crippen molar-refractivity contribution in [1.29, 1.82) is 0 Å². The largest absolute Gasteiger partial charge is 0.497 e. The predicted octanol–water partition coefficient (Wildman–Crippen LogP) is 3.40. The standard InChI is InChI=1S/C22H24N4O3S/c1-29-17-9-7-16(8-10-17)19(27)5-2-6-20(28)25-12-14-26(15-13-25)22-24-18-4-3-11-23-21(18)30-22/h3-4,7-11H,2,5-6,12-15H2,1H3. The normalized spacial score (nSPS) is 14.2. The van der Waals surface area contributed by atoms with Gasteiger partial charge in [-0.05, 0) is 42.8 Å². The summed E-state index contributed by atoms with van der Waals surface area (Å²) in [6, 6.07) is 10.9. The molecule has 1 aliphatic heterocycles. The molecule has 1 aliphatic rings. The lowest BCUT2D eigenvalue weighted by molar-refractivity contribution is -0.131. The number of piperazine rings is 1. The predicted molar refractivity (Wildman–Crippen MR) is 117 cm³/mol. The van der Waals surface area contributed by atoms with Gasteiger partial charge in [-0.3, -0.25) is 9.59 Å². The second-order valence-electron chi connectivity index (χ2n) is 7.20. The van der Waals surface area contributed by atoms with E-state index in [1.54, 1.807) is 48.9 Å². The highest BCUT2D eigenvalue weighted by molar-refractivity contribution is 7.21. The first kappa shape index (κ1) is 20.3. The van der Waals surface area contributed by atoms with Crippen LogP contribution in [0.2, 0.25) is 0 Å². The minimum absolute atomic E-state index is 0.0553. The van der Waals surface area contributed by atoms with Crippen LogP contribution in [0.4, 0.5) is 5.13 Å². The topological polar surface area (TPSA) is 75.6 Å². The number of carbonyl (C=O) groups is 2. The number of aromatic nitrogens is 2. The molecule has 1 saturated heterocycles. The van der Waals surface area contributed by atoms with Crippen molar-refractivity contribution in [3.8, 4) is 5.75 Å². The second kappa shape index (κ2) is 9.21. The summed E-state index contributed by atoms with van der Waals surface area (Å²) in [5, 5.41) is 0.959. The van der Waals surface area contributed by atoms with Gasteiger partial charge in [0, 0.05) is 50.8 Å². The highest BCUT2D eigenvalue weighted by Crippen LogP contribution is 2.27. The van der Waals surface area contributed by atoms with Crippen molar-refractivity contribution in [2.45, 2.75) is 19.3 Å². The zero-order valence-electron chi connectivity index (χ0n) is 16.9. The van der Waals surface area contributed by atoms with Crippen LogP contribution < -0.4 is 9.64 Å². The van der Waals surface area contributed by atoms with E-state index in [1.165, 1.54) is 0 Å². The summed E-state index contributed by atoms with van der Waals surface area (Å²) in [6.07, 6.45) is 3.11. The van der Waals surface area contributed by atoms with Gasteiger partial charge in [0.05, 0.1) is 7.11 Å². The van der Waals surface area contributed by atoms with E-state index in [4.69, 9.17) is 4.74 Å². The maximum atomic E-state index is 12.5. The van der Waals surface area contributed by atoms with Crippen LogP contribution in [0.15, 0.2) is 42.6 Å². The lowest BCUT2D eigenvalue weighted by atomic mass is 10.0. The number of ether oxygens (including phenoxy) is 1. The van der Waals surface area contributed by atoms with E-state index in [1.807, 2.05) is 17.0 Å². The van der Waals surface area contributed by atoms with E-state index in [9.17, 15) is 9.59 Å². The quantitative estimate of drug-likeness (QED) is 0.541. The number of thiazole rings is 1. The number of rotatable bonds is 7. The fraction of sp³-hybridized carbons (Fsp3) is 0.364. The first-order valence-electron chi connectivity index (χ1n) is 10.1. The van der Waals surface area contributed by atoms with Gasteiger partial charge in [0.2, 0.25) is 5.91 Å². The summed E-state index contributed by atoms with van der Waals surface area (Å²) in [5.41, 5.74) is 1.57. The van der Waals surface area contributed by atoms with Gasteiger partial charge in [-0.25, -0.2) is 9.97 Å². The highest BCUT2D eigenvalue weighted by Gasteiger charge is 2.23. The zero-order valence-corrected chi connectivity index (χ0v) is 17.7. The third kappa shape index (κ3) is 4.59. The van der Waals surface area contributed by atoms with E-state index < -0.39 is 0 Å². The molecule has 30 heavy (non-hydrogen) atoms. The number of benzene rings is 1. The van der Waals surface area contributed by atoms with Crippen molar-refractivity contribution in [2.75, 3.05) is 38.2 Å². The molecule has 1 aromatic carbocycles. The molecule has 3 aromatic rings. The second-order valence-corrected chi connectivity index (χ2v) is 8.15. The number of hydrogen-bond acceptors (Lipinski definition) is 7. The average Bonchev–Trinajstić information content (AvgIpc) is 3.23. The summed E-state index contributed by atoms with van der Waals surface area (Å²) in [7, 11) is 1.60. The minimum atomic E-state index is 0.0553.